The van der Waals surface area contributed by atoms with Crippen molar-refractivity contribution < 1.29 is 14.6 Å². The second kappa shape index (κ2) is 5.33. The molecule has 102 valence electrons. The molecule has 20 heavy (non-hydrogen) atoms. The van der Waals surface area contributed by atoms with Crippen LogP contribution in [0.4, 0.5) is 0 Å². The van der Waals surface area contributed by atoms with Crippen LogP contribution in [0.25, 0.3) is 0 Å². The lowest BCUT2D eigenvalue weighted by Gasteiger charge is -2.26. The number of carboxylic acids is 1. The highest BCUT2D eigenvalue weighted by Crippen LogP contribution is 2.33. The van der Waals surface area contributed by atoms with Crippen LogP contribution < -0.4 is 4.74 Å². The molecule has 0 bridgehead atoms. The van der Waals surface area contributed by atoms with Crippen LogP contribution in [-0.4, -0.2) is 16.1 Å². The zero-order valence-corrected chi connectivity index (χ0v) is 11.0. The molecule has 1 aliphatic rings. The zero-order valence-electron chi connectivity index (χ0n) is 11.0. The summed E-state index contributed by atoms with van der Waals surface area (Å²) in [5.74, 6) is -0.820. The molecule has 1 heterocycles. The number of nitrogens with zero attached hydrogens (tertiary/aromatic N) is 1. The van der Waals surface area contributed by atoms with Crippen LogP contribution >= 0.6 is 0 Å². The Bertz CT molecular complexity index is 639. The largest absolute Gasteiger partial charge is 0.477 e. The van der Waals surface area contributed by atoms with Crippen LogP contribution in [0.15, 0.2) is 42.6 Å². The number of ether oxygens (including phenoxy) is 1. The van der Waals surface area contributed by atoms with Gasteiger partial charge in [-0.3, -0.25) is 0 Å². The lowest BCUT2D eigenvalue weighted by Crippen LogP contribution is -2.17. The van der Waals surface area contributed by atoms with Crippen molar-refractivity contribution in [1.82, 2.24) is 4.98 Å². The summed E-state index contributed by atoms with van der Waals surface area (Å²) in [5.41, 5.74) is 2.52. The fraction of sp³-hybridized carbons (Fsp3) is 0.250. The van der Waals surface area contributed by atoms with Crippen molar-refractivity contribution in [3.63, 3.8) is 0 Å². The Kier molecular flexibility index (Phi) is 3.37. The first-order valence-electron chi connectivity index (χ1n) is 6.68. The van der Waals surface area contributed by atoms with Gasteiger partial charge in [0.25, 0.3) is 0 Å². The first kappa shape index (κ1) is 12.7. The van der Waals surface area contributed by atoms with Crippen LogP contribution in [0.3, 0.4) is 0 Å². The zero-order chi connectivity index (χ0) is 13.9. The topological polar surface area (TPSA) is 59.4 Å². The Morgan fingerprint density at radius 1 is 1.25 bits per heavy atom. The van der Waals surface area contributed by atoms with Crippen LogP contribution in [0, 0.1) is 0 Å². The number of hydrogen-bond donors (Lipinski definition) is 1. The molecule has 3 rings (SSSR count). The molecule has 1 N–H and O–H groups in total. The van der Waals surface area contributed by atoms with Crippen LogP contribution in [0.5, 0.6) is 5.88 Å². The maximum atomic E-state index is 11.2. The third-order valence-corrected chi connectivity index (χ3v) is 3.57. The van der Waals surface area contributed by atoms with Crippen molar-refractivity contribution in [1.29, 1.82) is 0 Å². The Labute approximate surface area is 117 Å². The Balaban J connectivity index is 1.92. The van der Waals surface area contributed by atoms with Crippen molar-refractivity contribution in [2.75, 3.05) is 0 Å². The van der Waals surface area contributed by atoms with Gasteiger partial charge in [-0.15, -0.1) is 0 Å². The molecule has 0 aliphatic heterocycles. The first-order valence-corrected chi connectivity index (χ1v) is 6.68. The molecule has 0 radical (unpaired) electrons. The molecular weight excluding hydrogens is 254 g/mol. The van der Waals surface area contributed by atoms with Gasteiger partial charge in [0.05, 0.1) is 0 Å². The molecule has 0 fully saturated rings. The monoisotopic (exact) mass is 269 g/mol. The Hall–Kier alpha value is -2.36. The summed E-state index contributed by atoms with van der Waals surface area (Å²) in [4.78, 5) is 15.3. The Morgan fingerprint density at radius 3 is 2.95 bits per heavy atom. The van der Waals surface area contributed by atoms with E-state index in [-0.39, 0.29) is 17.5 Å². The summed E-state index contributed by atoms with van der Waals surface area (Å²) < 4.78 is 5.88. The number of benzene rings is 1. The highest BCUT2D eigenvalue weighted by atomic mass is 16.5. The molecule has 1 aromatic heterocycles. The number of hydrogen-bond acceptors (Lipinski definition) is 3. The quantitative estimate of drug-likeness (QED) is 0.929. The summed E-state index contributed by atoms with van der Waals surface area (Å²) in [6, 6.07) is 11.3. The van der Waals surface area contributed by atoms with Crippen LogP contribution in [0.2, 0.25) is 0 Å². The van der Waals surface area contributed by atoms with Crippen molar-refractivity contribution in [2.45, 2.75) is 25.4 Å². The maximum absolute atomic E-state index is 11.2. The summed E-state index contributed by atoms with van der Waals surface area (Å²) in [7, 11) is 0. The minimum Gasteiger partial charge on any atom is -0.477 e. The van der Waals surface area contributed by atoms with Crippen molar-refractivity contribution in [2.24, 2.45) is 0 Å². The van der Waals surface area contributed by atoms with E-state index in [0.29, 0.717) is 0 Å². The van der Waals surface area contributed by atoms with Crippen molar-refractivity contribution in [3.8, 4) is 5.88 Å². The van der Waals surface area contributed by atoms with E-state index in [1.807, 2.05) is 18.2 Å². The predicted octanol–water partition coefficient (Wildman–Crippen LogP) is 3.24. The number of rotatable bonds is 3. The number of aryl methyl sites for hydroxylation is 1. The molecule has 1 unspecified atom stereocenters. The molecule has 2 aromatic rings. The van der Waals surface area contributed by atoms with Gasteiger partial charge in [0, 0.05) is 6.20 Å². The second-order valence-electron chi connectivity index (χ2n) is 4.86. The van der Waals surface area contributed by atoms with Gasteiger partial charge in [-0.05, 0) is 42.5 Å². The maximum Gasteiger partial charge on any atom is 0.341 e. The molecule has 0 amide bonds. The number of aromatic carboxylic acids is 1. The van der Waals surface area contributed by atoms with Crippen molar-refractivity contribution >= 4 is 5.97 Å². The highest BCUT2D eigenvalue weighted by molar-refractivity contribution is 5.90. The van der Waals surface area contributed by atoms with E-state index in [4.69, 9.17) is 4.74 Å². The van der Waals surface area contributed by atoms with Gasteiger partial charge in [-0.25, -0.2) is 9.78 Å². The Morgan fingerprint density at radius 2 is 2.10 bits per heavy atom. The number of fused-ring (bicyclic) bond motifs is 1. The van der Waals surface area contributed by atoms with E-state index in [1.165, 1.54) is 11.6 Å². The molecule has 0 saturated carbocycles. The number of carbonyl (C=O) groups is 1. The normalized spacial score (nSPS) is 17.3. The van der Waals surface area contributed by atoms with Gasteiger partial charge >= 0.3 is 5.97 Å². The van der Waals surface area contributed by atoms with Gasteiger partial charge in [0.1, 0.15) is 11.7 Å². The van der Waals surface area contributed by atoms with E-state index in [9.17, 15) is 9.90 Å². The number of carboxylic acid groups (broad SMARTS) is 1. The average molecular weight is 269 g/mol. The van der Waals surface area contributed by atoms with Gasteiger partial charge < -0.3 is 9.84 Å². The molecular formula is C16H15NO3. The van der Waals surface area contributed by atoms with Gasteiger partial charge in [0.2, 0.25) is 5.88 Å². The van der Waals surface area contributed by atoms with Gasteiger partial charge in [0.15, 0.2) is 0 Å². The number of aromatic nitrogens is 1. The molecule has 0 saturated heterocycles. The third-order valence-electron chi connectivity index (χ3n) is 3.57. The molecule has 4 heteroatoms. The van der Waals surface area contributed by atoms with Crippen LogP contribution in [0.1, 0.15) is 40.4 Å². The van der Waals surface area contributed by atoms with E-state index < -0.39 is 5.97 Å². The molecule has 1 aliphatic carbocycles. The third kappa shape index (κ3) is 2.37. The minimum atomic E-state index is -1.02. The molecule has 0 spiro atoms. The molecule has 4 nitrogen and oxygen atoms in total. The van der Waals surface area contributed by atoms with Gasteiger partial charge in [-0.1, -0.05) is 24.3 Å². The van der Waals surface area contributed by atoms with E-state index in [2.05, 4.69) is 11.1 Å². The first-order chi connectivity index (χ1) is 9.75. The van der Waals surface area contributed by atoms with E-state index in [0.717, 1.165) is 24.8 Å². The van der Waals surface area contributed by atoms with E-state index in [1.54, 1.807) is 12.3 Å². The minimum absolute atomic E-state index is 0.107. The fourth-order valence-corrected chi connectivity index (χ4v) is 2.61. The lowest BCUT2D eigenvalue weighted by molar-refractivity contribution is 0.0686. The summed E-state index contributed by atoms with van der Waals surface area (Å²) in [5, 5.41) is 9.17. The average Bonchev–Trinajstić information content (AvgIpc) is 2.48. The predicted molar refractivity (Wildman–Crippen MR) is 73.9 cm³/mol. The van der Waals surface area contributed by atoms with Gasteiger partial charge in [-0.2, -0.15) is 0 Å². The standard InChI is InChI=1S/C16H15NO3/c18-16(19)13-8-4-10-17-15(13)20-14-9-3-6-11-5-1-2-7-12(11)14/h1-2,4-5,7-8,10,14H,3,6,9H2,(H,18,19). The molecule has 1 aromatic carbocycles. The van der Waals surface area contributed by atoms with E-state index >= 15 is 0 Å². The van der Waals surface area contributed by atoms with Crippen LogP contribution in [-0.2, 0) is 6.42 Å². The fourth-order valence-electron chi connectivity index (χ4n) is 2.61. The second-order valence-corrected chi connectivity index (χ2v) is 4.86. The number of pyridine rings is 1. The van der Waals surface area contributed by atoms with Crippen molar-refractivity contribution in [3.05, 3.63) is 59.3 Å². The molecule has 1 atom stereocenters. The summed E-state index contributed by atoms with van der Waals surface area (Å²) in [6.07, 6.45) is 4.40. The lowest BCUT2D eigenvalue weighted by atomic mass is 9.89. The SMILES string of the molecule is O=C(O)c1cccnc1OC1CCCc2ccccc21. The smallest absolute Gasteiger partial charge is 0.341 e. The summed E-state index contributed by atoms with van der Waals surface area (Å²) >= 11 is 0. The summed E-state index contributed by atoms with van der Waals surface area (Å²) in [6.45, 7) is 0. The highest BCUT2D eigenvalue weighted by Gasteiger charge is 2.23.